The summed E-state index contributed by atoms with van der Waals surface area (Å²) in [6.45, 7) is 1.15. The number of rotatable bonds is 6. The predicted molar refractivity (Wildman–Crippen MR) is 92.3 cm³/mol. The van der Waals surface area contributed by atoms with Crippen molar-refractivity contribution in [2.24, 2.45) is 0 Å². The van der Waals surface area contributed by atoms with Crippen molar-refractivity contribution >= 4 is 17.3 Å². The summed E-state index contributed by atoms with van der Waals surface area (Å²) in [6, 6.07) is 15.9. The van der Waals surface area contributed by atoms with Gasteiger partial charge in [-0.3, -0.25) is 0 Å². The first-order valence-corrected chi connectivity index (χ1v) is 7.43. The van der Waals surface area contributed by atoms with Gasteiger partial charge in [-0.2, -0.15) is 0 Å². The van der Waals surface area contributed by atoms with Crippen LogP contribution in [0.2, 0.25) is 0 Å². The first kappa shape index (κ1) is 16.1. The van der Waals surface area contributed by atoms with Crippen LogP contribution in [-0.2, 0) is 13.2 Å². The Balaban J connectivity index is 2.01. The quantitative estimate of drug-likeness (QED) is 0.802. The Morgan fingerprint density at radius 3 is 2.50 bits per heavy atom. The molecule has 0 aromatic heterocycles. The molecule has 5 heteroatoms. The van der Waals surface area contributed by atoms with E-state index in [0.717, 1.165) is 16.9 Å². The summed E-state index contributed by atoms with van der Waals surface area (Å²) in [5.74, 6) is 1.44. The molecule has 2 aromatic carbocycles. The maximum Gasteiger partial charge on any atom is 0.166 e. The molecule has 2 aromatic rings. The van der Waals surface area contributed by atoms with Crippen LogP contribution in [0.15, 0.2) is 48.5 Å². The van der Waals surface area contributed by atoms with Crippen LogP contribution in [0.3, 0.4) is 0 Å². The molecular weight excluding hydrogens is 296 g/mol. The van der Waals surface area contributed by atoms with Gasteiger partial charge in [-0.05, 0) is 35.5 Å². The number of ether oxygens (including phenoxy) is 2. The zero-order valence-corrected chi connectivity index (χ0v) is 13.6. The number of thiocarbonyl (C=S) groups is 1. The summed E-state index contributed by atoms with van der Waals surface area (Å²) in [6.07, 6.45) is 0. The second-order valence-electron chi connectivity index (χ2n) is 4.69. The van der Waals surface area contributed by atoms with Gasteiger partial charge in [0.15, 0.2) is 16.6 Å². The third-order valence-corrected chi connectivity index (χ3v) is 3.49. The monoisotopic (exact) mass is 316 g/mol. The molecule has 0 spiro atoms. The molecule has 0 heterocycles. The highest BCUT2D eigenvalue weighted by molar-refractivity contribution is 7.80. The lowest BCUT2D eigenvalue weighted by Gasteiger charge is -2.13. The lowest BCUT2D eigenvalue weighted by Crippen LogP contribution is -2.31. The lowest BCUT2D eigenvalue weighted by atomic mass is 10.2. The molecule has 0 radical (unpaired) electrons. The van der Waals surface area contributed by atoms with E-state index in [0.29, 0.717) is 24.0 Å². The molecule has 0 unspecified atom stereocenters. The Kier molecular flexibility index (Phi) is 6.03. The molecule has 22 heavy (non-hydrogen) atoms. The topological polar surface area (TPSA) is 42.5 Å². The van der Waals surface area contributed by atoms with E-state index < -0.39 is 0 Å². The van der Waals surface area contributed by atoms with Crippen LogP contribution in [0.1, 0.15) is 11.1 Å². The Labute approximate surface area is 136 Å². The first-order chi connectivity index (χ1) is 10.7. The zero-order valence-electron chi connectivity index (χ0n) is 12.8. The average Bonchev–Trinajstić information content (AvgIpc) is 2.58. The van der Waals surface area contributed by atoms with E-state index in [2.05, 4.69) is 10.6 Å². The molecule has 0 aliphatic heterocycles. The number of hydrogen-bond donors (Lipinski definition) is 2. The molecule has 0 saturated heterocycles. The number of methoxy groups -OCH3 is 1. The Bertz CT molecular complexity index is 617. The minimum atomic E-state index is 0.513. The van der Waals surface area contributed by atoms with Crippen molar-refractivity contribution in [3.05, 3.63) is 59.7 Å². The number of nitrogens with one attached hydrogen (secondary N) is 2. The number of hydrogen-bond acceptors (Lipinski definition) is 3. The molecule has 0 bridgehead atoms. The summed E-state index contributed by atoms with van der Waals surface area (Å²) in [4.78, 5) is 0. The van der Waals surface area contributed by atoms with Gasteiger partial charge in [0.2, 0.25) is 0 Å². The van der Waals surface area contributed by atoms with Gasteiger partial charge >= 0.3 is 0 Å². The highest BCUT2D eigenvalue weighted by atomic mass is 32.1. The molecule has 4 nitrogen and oxygen atoms in total. The van der Waals surface area contributed by atoms with Crippen LogP contribution >= 0.6 is 12.2 Å². The highest BCUT2D eigenvalue weighted by Gasteiger charge is 2.06. The Morgan fingerprint density at radius 1 is 1.05 bits per heavy atom. The molecular formula is C17H20N2O2S. The van der Waals surface area contributed by atoms with Crippen LogP contribution < -0.4 is 20.1 Å². The maximum absolute atomic E-state index is 5.83. The van der Waals surface area contributed by atoms with Gasteiger partial charge in [0.25, 0.3) is 0 Å². The second-order valence-corrected chi connectivity index (χ2v) is 5.10. The van der Waals surface area contributed by atoms with E-state index >= 15 is 0 Å². The first-order valence-electron chi connectivity index (χ1n) is 7.02. The van der Waals surface area contributed by atoms with Crippen molar-refractivity contribution in [2.75, 3.05) is 14.2 Å². The second kappa shape index (κ2) is 8.24. The largest absolute Gasteiger partial charge is 0.493 e. The van der Waals surface area contributed by atoms with Crippen LogP contribution in [0.5, 0.6) is 11.5 Å². The lowest BCUT2D eigenvalue weighted by molar-refractivity contribution is 0.284. The fourth-order valence-electron chi connectivity index (χ4n) is 1.95. The summed E-state index contributed by atoms with van der Waals surface area (Å²) >= 11 is 5.06. The van der Waals surface area contributed by atoms with Crippen molar-refractivity contribution < 1.29 is 9.47 Å². The van der Waals surface area contributed by atoms with Crippen molar-refractivity contribution in [3.8, 4) is 11.5 Å². The van der Waals surface area contributed by atoms with Crippen molar-refractivity contribution in [1.82, 2.24) is 10.6 Å². The van der Waals surface area contributed by atoms with Crippen molar-refractivity contribution in [3.63, 3.8) is 0 Å². The molecule has 0 atom stereocenters. The highest BCUT2D eigenvalue weighted by Crippen LogP contribution is 2.28. The SMILES string of the molecule is CNC(=S)NCc1ccc(OCc2ccccc2)c(OC)c1. The van der Waals surface area contributed by atoms with E-state index in [1.54, 1.807) is 14.2 Å². The Morgan fingerprint density at radius 2 is 1.82 bits per heavy atom. The summed E-state index contributed by atoms with van der Waals surface area (Å²) < 4.78 is 11.2. The van der Waals surface area contributed by atoms with Crippen molar-refractivity contribution in [1.29, 1.82) is 0 Å². The van der Waals surface area contributed by atoms with Crippen molar-refractivity contribution in [2.45, 2.75) is 13.2 Å². The van der Waals surface area contributed by atoms with Gasteiger partial charge in [-0.1, -0.05) is 36.4 Å². The van der Waals surface area contributed by atoms with E-state index in [1.165, 1.54) is 0 Å². The van der Waals surface area contributed by atoms with Gasteiger partial charge in [-0.15, -0.1) is 0 Å². The molecule has 0 amide bonds. The van der Waals surface area contributed by atoms with Gasteiger partial charge < -0.3 is 20.1 Å². The molecule has 0 fully saturated rings. The summed E-state index contributed by atoms with van der Waals surface area (Å²) in [5, 5.41) is 6.59. The summed E-state index contributed by atoms with van der Waals surface area (Å²) in [5.41, 5.74) is 2.19. The molecule has 2 rings (SSSR count). The maximum atomic E-state index is 5.83. The van der Waals surface area contributed by atoms with Gasteiger partial charge in [-0.25, -0.2) is 0 Å². The molecule has 0 aliphatic rings. The van der Waals surface area contributed by atoms with E-state index in [4.69, 9.17) is 21.7 Å². The van der Waals surface area contributed by atoms with Crippen LogP contribution in [0.4, 0.5) is 0 Å². The third kappa shape index (κ3) is 4.63. The fourth-order valence-corrected chi connectivity index (χ4v) is 2.02. The van der Waals surface area contributed by atoms with Gasteiger partial charge in [0.1, 0.15) is 6.61 Å². The van der Waals surface area contributed by atoms with Crippen LogP contribution in [0, 0.1) is 0 Å². The van der Waals surface area contributed by atoms with Crippen LogP contribution in [0.25, 0.3) is 0 Å². The van der Waals surface area contributed by atoms with Gasteiger partial charge in [0.05, 0.1) is 7.11 Å². The normalized spacial score (nSPS) is 9.91. The van der Waals surface area contributed by atoms with E-state index in [1.807, 2.05) is 48.5 Å². The average molecular weight is 316 g/mol. The van der Waals surface area contributed by atoms with E-state index in [9.17, 15) is 0 Å². The standard InChI is InChI=1S/C17H20N2O2S/c1-18-17(22)19-11-14-8-9-15(16(10-14)20-2)21-12-13-6-4-3-5-7-13/h3-10H,11-12H2,1-2H3,(H2,18,19,22). The van der Waals surface area contributed by atoms with E-state index in [-0.39, 0.29) is 0 Å². The molecule has 2 N–H and O–H groups in total. The van der Waals surface area contributed by atoms with Gasteiger partial charge in [0, 0.05) is 13.6 Å². The smallest absolute Gasteiger partial charge is 0.166 e. The minimum Gasteiger partial charge on any atom is -0.493 e. The molecule has 0 aliphatic carbocycles. The zero-order chi connectivity index (χ0) is 15.8. The minimum absolute atomic E-state index is 0.513. The Hall–Kier alpha value is -2.27. The predicted octanol–water partition coefficient (Wildman–Crippen LogP) is 2.87. The number of benzene rings is 2. The molecule has 116 valence electrons. The summed E-state index contributed by atoms with van der Waals surface area (Å²) in [7, 11) is 3.43. The fraction of sp³-hybridized carbons (Fsp3) is 0.235. The molecule has 0 saturated carbocycles. The third-order valence-electron chi connectivity index (χ3n) is 3.15. The van der Waals surface area contributed by atoms with Crippen LogP contribution in [-0.4, -0.2) is 19.3 Å².